The van der Waals surface area contributed by atoms with E-state index in [-0.39, 0.29) is 0 Å². The SMILES string of the molecule is CC(C)(C)[C@H](C(=O)O)N1C(=O)c2cccc3c(Br)ccc(c23)C1=O. The monoisotopic (exact) mass is 389 g/mol. The quantitative estimate of drug-likeness (QED) is 0.794. The van der Waals surface area contributed by atoms with Gasteiger partial charge in [-0.1, -0.05) is 48.8 Å². The lowest BCUT2D eigenvalue weighted by atomic mass is 9.83. The Kier molecular flexibility index (Phi) is 3.75. The fraction of sp³-hybridized carbons (Fsp3) is 0.278. The number of benzene rings is 2. The predicted molar refractivity (Wildman–Crippen MR) is 93.0 cm³/mol. The zero-order valence-electron chi connectivity index (χ0n) is 13.5. The van der Waals surface area contributed by atoms with E-state index in [4.69, 9.17) is 0 Å². The molecule has 24 heavy (non-hydrogen) atoms. The van der Waals surface area contributed by atoms with Gasteiger partial charge in [-0.25, -0.2) is 4.79 Å². The second kappa shape index (κ2) is 5.41. The van der Waals surface area contributed by atoms with E-state index < -0.39 is 29.2 Å². The summed E-state index contributed by atoms with van der Waals surface area (Å²) in [5.41, 5.74) is -0.101. The molecule has 2 aromatic carbocycles. The summed E-state index contributed by atoms with van der Waals surface area (Å²) in [6.45, 7) is 5.10. The number of nitrogens with zero attached hydrogens (tertiary/aromatic N) is 1. The van der Waals surface area contributed by atoms with Crippen LogP contribution in [-0.2, 0) is 4.79 Å². The Hall–Kier alpha value is -2.21. The van der Waals surface area contributed by atoms with E-state index in [1.807, 2.05) is 6.07 Å². The van der Waals surface area contributed by atoms with Crippen molar-refractivity contribution in [2.24, 2.45) is 5.41 Å². The van der Waals surface area contributed by atoms with E-state index >= 15 is 0 Å². The molecule has 1 atom stereocenters. The van der Waals surface area contributed by atoms with Crippen molar-refractivity contribution in [1.29, 1.82) is 0 Å². The smallest absolute Gasteiger partial charge is 0.327 e. The Balaban J connectivity index is 2.29. The summed E-state index contributed by atoms with van der Waals surface area (Å²) in [6, 6.07) is 7.29. The summed E-state index contributed by atoms with van der Waals surface area (Å²) in [7, 11) is 0. The van der Waals surface area contributed by atoms with E-state index in [0.29, 0.717) is 16.5 Å². The summed E-state index contributed by atoms with van der Waals surface area (Å²) < 4.78 is 0.780. The molecule has 0 fully saturated rings. The fourth-order valence-corrected chi connectivity index (χ4v) is 3.64. The van der Waals surface area contributed by atoms with Gasteiger partial charge in [0.1, 0.15) is 6.04 Å². The van der Waals surface area contributed by atoms with Crippen LogP contribution in [0.3, 0.4) is 0 Å². The van der Waals surface area contributed by atoms with Crippen molar-refractivity contribution in [2.45, 2.75) is 26.8 Å². The third-order valence-electron chi connectivity index (χ3n) is 4.20. The molecular weight excluding hydrogens is 374 g/mol. The highest BCUT2D eigenvalue weighted by Crippen LogP contribution is 2.37. The van der Waals surface area contributed by atoms with Gasteiger partial charge in [-0.3, -0.25) is 14.5 Å². The lowest BCUT2D eigenvalue weighted by Crippen LogP contribution is -2.56. The molecule has 1 aliphatic heterocycles. The second-order valence-electron chi connectivity index (χ2n) is 6.91. The molecule has 0 radical (unpaired) electrons. The molecule has 0 aromatic heterocycles. The summed E-state index contributed by atoms with van der Waals surface area (Å²) in [6.07, 6.45) is 0. The standard InChI is InChI=1S/C18H16BrNO4/c1-18(2,3)14(17(23)24)20-15(21)10-6-4-5-9-12(19)8-7-11(13(9)10)16(20)22/h4-8,14H,1-3H3,(H,23,24)/t14-/m0/s1. The van der Waals surface area contributed by atoms with Crippen LogP contribution < -0.4 is 0 Å². The normalized spacial score (nSPS) is 15.8. The molecule has 0 spiro atoms. The minimum atomic E-state index is -1.25. The van der Waals surface area contributed by atoms with Gasteiger partial charge in [-0.2, -0.15) is 0 Å². The van der Waals surface area contributed by atoms with Crippen molar-refractivity contribution >= 4 is 44.5 Å². The maximum atomic E-state index is 12.9. The van der Waals surface area contributed by atoms with Crippen LogP contribution in [0, 0.1) is 5.41 Å². The van der Waals surface area contributed by atoms with Crippen LogP contribution in [-0.4, -0.2) is 33.8 Å². The number of halogens is 1. The topological polar surface area (TPSA) is 74.7 Å². The van der Waals surface area contributed by atoms with Crippen molar-refractivity contribution in [2.75, 3.05) is 0 Å². The molecule has 1 N–H and O–H groups in total. The van der Waals surface area contributed by atoms with Crippen LogP contribution >= 0.6 is 15.9 Å². The third-order valence-corrected chi connectivity index (χ3v) is 4.89. The van der Waals surface area contributed by atoms with Gasteiger partial charge >= 0.3 is 5.97 Å². The molecule has 2 amide bonds. The fourth-order valence-electron chi connectivity index (χ4n) is 3.18. The summed E-state index contributed by atoms with van der Waals surface area (Å²) >= 11 is 3.43. The maximum Gasteiger partial charge on any atom is 0.327 e. The Morgan fingerprint density at radius 1 is 1.08 bits per heavy atom. The van der Waals surface area contributed by atoms with E-state index in [1.54, 1.807) is 45.0 Å². The van der Waals surface area contributed by atoms with Gasteiger partial charge in [0.15, 0.2) is 0 Å². The lowest BCUT2D eigenvalue weighted by Gasteiger charge is -2.38. The van der Waals surface area contributed by atoms with E-state index in [0.717, 1.165) is 14.8 Å². The van der Waals surface area contributed by atoms with Crippen molar-refractivity contribution < 1.29 is 19.5 Å². The van der Waals surface area contributed by atoms with Crippen LogP contribution in [0.15, 0.2) is 34.8 Å². The number of carbonyl (C=O) groups is 3. The van der Waals surface area contributed by atoms with E-state index in [2.05, 4.69) is 15.9 Å². The second-order valence-corrected chi connectivity index (χ2v) is 7.76. The van der Waals surface area contributed by atoms with Crippen molar-refractivity contribution in [3.63, 3.8) is 0 Å². The number of carbonyl (C=O) groups excluding carboxylic acids is 2. The Morgan fingerprint density at radius 2 is 1.67 bits per heavy atom. The van der Waals surface area contributed by atoms with Gasteiger partial charge < -0.3 is 5.11 Å². The lowest BCUT2D eigenvalue weighted by molar-refractivity contribution is -0.145. The third kappa shape index (κ3) is 2.33. The largest absolute Gasteiger partial charge is 0.480 e. The molecule has 2 aromatic rings. The first-order chi connectivity index (χ1) is 11.1. The molecule has 124 valence electrons. The number of aliphatic carboxylic acids is 1. The molecule has 1 heterocycles. The molecule has 1 aliphatic rings. The number of carboxylic acid groups (broad SMARTS) is 1. The van der Waals surface area contributed by atoms with Crippen LogP contribution in [0.1, 0.15) is 41.5 Å². The van der Waals surface area contributed by atoms with Crippen LogP contribution in [0.25, 0.3) is 10.8 Å². The average molecular weight is 390 g/mol. The highest BCUT2D eigenvalue weighted by Gasteiger charge is 2.46. The Bertz CT molecular complexity index is 876. The molecule has 0 aliphatic carbocycles. The molecule has 5 nitrogen and oxygen atoms in total. The molecule has 0 saturated heterocycles. The summed E-state index contributed by atoms with van der Waals surface area (Å²) in [5, 5.41) is 11.0. The van der Waals surface area contributed by atoms with Crippen molar-refractivity contribution in [3.05, 3.63) is 45.9 Å². The number of imide groups is 1. The highest BCUT2D eigenvalue weighted by molar-refractivity contribution is 9.10. The van der Waals surface area contributed by atoms with Gasteiger partial charge in [0.2, 0.25) is 0 Å². The van der Waals surface area contributed by atoms with Crippen LogP contribution in [0.4, 0.5) is 0 Å². The average Bonchev–Trinajstić information content (AvgIpc) is 2.48. The Labute approximate surface area is 147 Å². The molecule has 0 unspecified atom stereocenters. The molecule has 3 rings (SSSR count). The minimum Gasteiger partial charge on any atom is -0.480 e. The maximum absolute atomic E-state index is 12.9. The van der Waals surface area contributed by atoms with Crippen molar-refractivity contribution in [3.8, 4) is 0 Å². The van der Waals surface area contributed by atoms with Gasteiger partial charge in [0.25, 0.3) is 11.8 Å². The number of amides is 2. The van der Waals surface area contributed by atoms with Gasteiger partial charge in [-0.15, -0.1) is 0 Å². The van der Waals surface area contributed by atoms with Crippen LogP contribution in [0.2, 0.25) is 0 Å². The first-order valence-corrected chi connectivity index (χ1v) is 8.26. The summed E-state index contributed by atoms with van der Waals surface area (Å²) in [5.74, 6) is -2.34. The zero-order chi connectivity index (χ0) is 17.8. The minimum absolute atomic E-state index is 0.346. The zero-order valence-corrected chi connectivity index (χ0v) is 15.0. The number of hydrogen-bond donors (Lipinski definition) is 1. The Morgan fingerprint density at radius 3 is 2.21 bits per heavy atom. The van der Waals surface area contributed by atoms with Gasteiger partial charge in [0.05, 0.1) is 0 Å². The summed E-state index contributed by atoms with van der Waals surface area (Å²) in [4.78, 5) is 38.6. The molecule has 0 saturated carbocycles. The number of hydrogen-bond acceptors (Lipinski definition) is 3. The van der Waals surface area contributed by atoms with E-state index in [1.165, 1.54) is 0 Å². The van der Waals surface area contributed by atoms with E-state index in [9.17, 15) is 19.5 Å². The van der Waals surface area contributed by atoms with Gasteiger partial charge in [-0.05, 0) is 29.0 Å². The van der Waals surface area contributed by atoms with Crippen LogP contribution in [0.5, 0.6) is 0 Å². The first kappa shape index (κ1) is 16.6. The van der Waals surface area contributed by atoms with Crippen molar-refractivity contribution in [1.82, 2.24) is 4.90 Å². The number of rotatable bonds is 2. The van der Waals surface area contributed by atoms with Gasteiger partial charge in [0, 0.05) is 21.0 Å². The molecular formula is C18H16BrNO4. The molecule has 0 bridgehead atoms. The number of carboxylic acids is 1. The first-order valence-electron chi connectivity index (χ1n) is 7.46. The molecule has 6 heteroatoms. The highest BCUT2D eigenvalue weighted by atomic mass is 79.9. The predicted octanol–water partition coefficient (Wildman–Crippen LogP) is 3.70.